The molecule has 2 rings (SSSR count). The maximum absolute atomic E-state index is 12.0. The molecular weight excluding hydrogens is 236 g/mol. The van der Waals surface area contributed by atoms with Gasteiger partial charge < -0.3 is 10.7 Å². The average Bonchev–Trinajstić information content (AvgIpc) is 2.30. The summed E-state index contributed by atoms with van der Waals surface area (Å²) in [5.41, 5.74) is 8.94. The molecule has 0 fully saturated rings. The highest BCUT2D eigenvalue weighted by atomic mass is 35.5. The Kier molecular flexibility index (Phi) is 3.22. The molecule has 0 bridgehead atoms. The topological polar surface area (TPSA) is 58.9 Å². The minimum Gasteiger partial charge on any atom is -0.330 e. The summed E-state index contributed by atoms with van der Waals surface area (Å²) in [6.07, 6.45) is 0.596. The number of pyridine rings is 1. The summed E-state index contributed by atoms with van der Waals surface area (Å²) >= 11 is 6.05. The molecule has 0 aliphatic carbocycles. The van der Waals surface area contributed by atoms with Crippen molar-refractivity contribution in [1.29, 1.82) is 0 Å². The number of rotatable bonds is 2. The largest absolute Gasteiger partial charge is 0.330 e. The van der Waals surface area contributed by atoms with E-state index in [0.29, 0.717) is 18.0 Å². The molecule has 0 atom stereocenters. The number of H-pyrrole nitrogens is 1. The van der Waals surface area contributed by atoms with Crippen LogP contribution in [0.3, 0.4) is 0 Å². The molecule has 90 valence electrons. The van der Waals surface area contributed by atoms with Crippen molar-refractivity contribution in [2.45, 2.75) is 20.3 Å². The number of hydrogen-bond acceptors (Lipinski definition) is 2. The van der Waals surface area contributed by atoms with Gasteiger partial charge in [0.25, 0.3) is 5.56 Å². The summed E-state index contributed by atoms with van der Waals surface area (Å²) < 4.78 is 0. The van der Waals surface area contributed by atoms with Gasteiger partial charge in [0, 0.05) is 16.0 Å². The van der Waals surface area contributed by atoms with E-state index in [1.165, 1.54) is 0 Å². The molecule has 4 heteroatoms. The smallest absolute Gasteiger partial charge is 0.251 e. The molecule has 1 aromatic heterocycles. The van der Waals surface area contributed by atoms with Crippen LogP contribution >= 0.6 is 11.6 Å². The molecular formula is C13H15ClN2O. The first-order valence-electron chi connectivity index (χ1n) is 5.57. The lowest BCUT2D eigenvalue weighted by atomic mass is 10.0. The van der Waals surface area contributed by atoms with Crippen LogP contribution in [-0.4, -0.2) is 11.5 Å². The number of fused-ring (bicyclic) bond motifs is 1. The quantitative estimate of drug-likeness (QED) is 0.859. The second kappa shape index (κ2) is 4.51. The zero-order valence-corrected chi connectivity index (χ0v) is 10.7. The lowest BCUT2D eigenvalue weighted by molar-refractivity contribution is 0.937. The summed E-state index contributed by atoms with van der Waals surface area (Å²) in [6, 6.07) is 3.80. The van der Waals surface area contributed by atoms with Gasteiger partial charge in [-0.3, -0.25) is 4.79 Å². The van der Waals surface area contributed by atoms with E-state index >= 15 is 0 Å². The molecule has 17 heavy (non-hydrogen) atoms. The molecule has 0 saturated carbocycles. The van der Waals surface area contributed by atoms with Gasteiger partial charge in [-0.25, -0.2) is 0 Å². The molecule has 0 radical (unpaired) electrons. The van der Waals surface area contributed by atoms with Crippen LogP contribution in [0.25, 0.3) is 10.9 Å². The lowest BCUT2D eigenvalue weighted by Crippen LogP contribution is -2.18. The molecule has 0 spiro atoms. The second-order valence-corrected chi connectivity index (χ2v) is 4.60. The number of hydrogen-bond donors (Lipinski definition) is 2. The highest BCUT2D eigenvalue weighted by Gasteiger charge is 2.10. The van der Waals surface area contributed by atoms with Crippen LogP contribution in [0.2, 0.25) is 5.02 Å². The Bertz CT molecular complexity index is 631. The maximum atomic E-state index is 12.0. The first-order valence-corrected chi connectivity index (χ1v) is 5.94. The maximum Gasteiger partial charge on any atom is 0.251 e. The fourth-order valence-electron chi connectivity index (χ4n) is 2.13. The normalized spacial score (nSPS) is 11.1. The molecule has 3 nitrogen and oxygen atoms in total. The first kappa shape index (κ1) is 12.1. The minimum absolute atomic E-state index is 0.0641. The molecule has 0 aliphatic heterocycles. The number of aryl methyl sites for hydroxylation is 2. The van der Waals surface area contributed by atoms with Crippen LogP contribution < -0.4 is 11.3 Å². The Balaban J connectivity index is 2.86. The second-order valence-electron chi connectivity index (χ2n) is 4.19. The Morgan fingerprint density at radius 3 is 2.65 bits per heavy atom. The van der Waals surface area contributed by atoms with Gasteiger partial charge in [0.1, 0.15) is 0 Å². The average molecular weight is 251 g/mol. The van der Waals surface area contributed by atoms with Gasteiger partial charge in [0.05, 0.1) is 5.52 Å². The minimum atomic E-state index is -0.0641. The van der Waals surface area contributed by atoms with Crippen molar-refractivity contribution >= 4 is 22.5 Å². The fourth-order valence-corrected chi connectivity index (χ4v) is 2.28. The van der Waals surface area contributed by atoms with E-state index in [-0.39, 0.29) is 5.56 Å². The van der Waals surface area contributed by atoms with Gasteiger partial charge in [-0.1, -0.05) is 17.7 Å². The van der Waals surface area contributed by atoms with E-state index < -0.39 is 0 Å². The third-order valence-electron chi connectivity index (χ3n) is 3.16. The molecule has 0 aliphatic rings. The van der Waals surface area contributed by atoms with Crippen LogP contribution in [0.1, 0.15) is 16.7 Å². The van der Waals surface area contributed by atoms with Gasteiger partial charge >= 0.3 is 0 Å². The van der Waals surface area contributed by atoms with Crippen LogP contribution in [0, 0.1) is 13.8 Å². The van der Waals surface area contributed by atoms with Crippen molar-refractivity contribution < 1.29 is 0 Å². The van der Waals surface area contributed by atoms with E-state index in [2.05, 4.69) is 4.98 Å². The fraction of sp³-hybridized carbons (Fsp3) is 0.308. The molecule has 0 amide bonds. The van der Waals surface area contributed by atoms with Crippen LogP contribution in [0.4, 0.5) is 0 Å². The highest BCUT2D eigenvalue weighted by Crippen LogP contribution is 2.25. The summed E-state index contributed by atoms with van der Waals surface area (Å²) in [5, 5.41) is 1.70. The molecule has 2 aromatic rings. The first-order chi connectivity index (χ1) is 8.06. The van der Waals surface area contributed by atoms with E-state index in [9.17, 15) is 4.79 Å². The number of aromatic nitrogens is 1. The predicted octanol–water partition coefficient (Wildman–Crippen LogP) is 2.30. The Hall–Kier alpha value is -1.32. The number of aromatic amines is 1. The van der Waals surface area contributed by atoms with Crippen LogP contribution in [0.5, 0.6) is 0 Å². The van der Waals surface area contributed by atoms with E-state index in [1.54, 1.807) is 0 Å². The molecule has 0 saturated heterocycles. The number of nitrogens with two attached hydrogens (primary N) is 1. The SMILES string of the molecule is Cc1c(CCN)c(=O)[nH]c2c(C)c(Cl)ccc12. The van der Waals surface area contributed by atoms with Crippen molar-refractivity contribution in [2.75, 3.05) is 6.54 Å². The molecule has 0 unspecified atom stereocenters. The Morgan fingerprint density at radius 1 is 1.29 bits per heavy atom. The summed E-state index contributed by atoms with van der Waals surface area (Å²) in [5.74, 6) is 0. The Morgan fingerprint density at radius 2 is 2.00 bits per heavy atom. The third kappa shape index (κ3) is 1.96. The zero-order valence-electron chi connectivity index (χ0n) is 9.93. The number of halogens is 1. The van der Waals surface area contributed by atoms with Gasteiger partial charge in [0.15, 0.2) is 0 Å². The van der Waals surface area contributed by atoms with Crippen molar-refractivity contribution in [3.8, 4) is 0 Å². The van der Waals surface area contributed by atoms with Crippen LogP contribution in [-0.2, 0) is 6.42 Å². The summed E-state index contributed by atoms with van der Waals surface area (Å²) in [6.45, 7) is 4.33. The number of nitrogens with one attached hydrogen (secondary N) is 1. The number of benzene rings is 1. The van der Waals surface area contributed by atoms with Gasteiger partial charge in [0.2, 0.25) is 0 Å². The van der Waals surface area contributed by atoms with E-state index in [1.807, 2.05) is 26.0 Å². The highest BCUT2D eigenvalue weighted by molar-refractivity contribution is 6.32. The summed E-state index contributed by atoms with van der Waals surface area (Å²) in [7, 11) is 0. The van der Waals surface area contributed by atoms with E-state index in [4.69, 9.17) is 17.3 Å². The van der Waals surface area contributed by atoms with Crippen molar-refractivity contribution in [3.05, 3.63) is 44.2 Å². The lowest BCUT2D eigenvalue weighted by Gasteiger charge is -2.10. The zero-order chi connectivity index (χ0) is 12.6. The standard InChI is InChI=1S/C13H15ClN2O/c1-7-9-3-4-11(14)8(2)12(9)16-13(17)10(7)5-6-15/h3-4H,5-6,15H2,1-2H3,(H,16,17). The van der Waals surface area contributed by atoms with Crippen LogP contribution in [0.15, 0.2) is 16.9 Å². The monoisotopic (exact) mass is 250 g/mol. The molecule has 3 N–H and O–H groups in total. The van der Waals surface area contributed by atoms with Gasteiger partial charge in [-0.05, 0) is 44.0 Å². The molecule has 1 heterocycles. The predicted molar refractivity (Wildman–Crippen MR) is 71.8 cm³/mol. The van der Waals surface area contributed by atoms with Crippen molar-refractivity contribution in [1.82, 2.24) is 4.98 Å². The summed E-state index contributed by atoms with van der Waals surface area (Å²) in [4.78, 5) is 14.9. The third-order valence-corrected chi connectivity index (χ3v) is 3.57. The van der Waals surface area contributed by atoms with Gasteiger partial charge in [-0.2, -0.15) is 0 Å². The molecule has 1 aromatic carbocycles. The Labute approximate surface area is 105 Å². The van der Waals surface area contributed by atoms with Crippen molar-refractivity contribution in [2.24, 2.45) is 5.73 Å². The van der Waals surface area contributed by atoms with E-state index in [0.717, 1.165) is 27.6 Å². The van der Waals surface area contributed by atoms with Gasteiger partial charge in [-0.15, -0.1) is 0 Å². The van der Waals surface area contributed by atoms with Crippen molar-refractivity contribution in [3.63, 3.8) is 0 Å².